The molecule has 3 fully saturated rings. The summed E-state index contributed by atoms with van der Waals surface area (Å²) in [5.41, 5.74) is 0. The number of hydrogen-bond acceptors (Lipinski definition) is 11. The van der Waals surface area contributed by atoms with E-state index in [0.717, 1.165) is 0 Å². The molecule has 3 aliphatic rings. The number of ether oxygens (including phenoxy) is 3. The van der Waals surface area contributed by atoms with Gasteiger partial charge in [-0.15, -0.1) is 0 Å². The smallest absolute Gasteiger partial charge is 0.394 e. The molecule has 7 atom stereocenters. The second kappa shape index (κ2) is 7.33. The van der Waals surface area contributed by atoms with E-state index < -0.39 is 62.6 Å². The van der Waals surface area contributed by atoms with E-state index in [1.54, 1.807) is 0 Å². The summed E-state index contributed by atoms with van der Waals surface area (Å²) >= 11 is 0. The molecule has 3 rings (SSSR count). The van der Waals surface area contributed by atoms with Crippen molar-refractivity contribution in [2.75, 3.05) is 33.5 Å². The van der Waals surface area contributed by atoms with Gasteiger partial charge in [-0.3, -0.25) is 0 Å². The molecule has 3 heterocycles. The van der Waals surface area contributed by atoms with Crippen LogP contribution in [0, 0.1) is 0 Å². The van der Waals surface area contributed by atoms with E-state index in [0.29, 0.717) is 0 Å². The lowest BCUT2D eigenvalue weighted by atomic mass is 10.1. The zero-order chi connectivity index (χ0) is 18.2. The summed E-state index contributed by atoms with van der Waals surface area (Å²) in [7, 11) is 0.0795. The van der Waals surface area contributed by atoms with Crippen LogP contribution in [0.5, 0.6) is 0 Å². The van der Waals surface area contributed by atoms with Gasteiger partial charge in [0.15, 0.2) is 5.79 Å². The highest BCUT2D eigenvalue weighted by atomic mass is 16.9. The van der Waals surface area contributed by atoms with Crippen LogP contribution in [0.4, 0.5) is 0 Å². The van der Waals surface area contributed by atoms with Gasteiger partial charge in [-0.1, -0.05) is 0 Å². The Morgan fingerprint density at radius 1 is 1.12 bits per heavy atom. The van der Waals surface area contributed by atoms with Crippen LogP contribution >= 0.6 is 0 Å². The van der Waals surface area contributed by atoms with Crippen molar-refractivity contribution in [1.82, 2.24) is 0 Å². The molecule has 0 saturated carbocycles. The van der Waals surface area contributed by atoms with Crippen molar-refractivity contribution in [2.24, 2.45) is 0 Å². The maximum absolute atomic E-state index is 10.1. The minimum Gasteiger partial charge on any atom is -0.394 e. The third-order valence-electron chi connectivity index (χ3n) is 4.57. The molecule has 144 valence electrons. The van der Waals surface area contributed by atoms with Crippen LogP contribution in [0.2, 0.25) is 0 Å². The molecule has 1 spiro atoms. The Balaban J connectivity index is 1.68. The molecule has 11 nitrogen and oxygen atoms in total. The highest BCUT2D eigenvalue weighted by Gasteiger charge is 2.63. The predicted molar refractivity (Wildman–Crippen MR) is 77.8 cm³/mol. The second-order valence-electron chi connectivity index (χ2n) is 6.38. The normalized spacial score (nSPS) is 47.3. The summed E-state index contributed by atoms with van der Waals surface area (Å²) in [6.07, 6.45) is -5.62. The number of aliphatic hydroxyl groups excluding tert-OH is 5. The number of methoxy groups -OCH3 is 1. The van der Waals surface area contributed by atoms with Gasteiger partial charge >= 0.3 is 7.32 Å². The summed E-state index contributed by atoms with van der Waals surface area (Å²) < 4.78 is 32.5. The summed E-state index contributed by atoms with van der Waals surface area (Å²) in [5, 5.41) is 48.4. The zero-order valence-corrected chi connectivity index (χ0v) is 13.7. The van der Waals surface area contributed by atoms with Gasteiger partial charge in [0.1, 0.15) is 24.4 Å². The fourth-order valence-electron chi connectivity index (χ4n) is 3.30. The first-order valence-electron chi connectivity index (χ1n) is 7.96. The fourth-order valence-corrected chi connectivity index (χ4v) is 3.30. The topological polar surface area (TPSA) is 157 Å². The molecule has 0 aromatic rings. The first-order valence-corrected chi connectivity index (χ1v) is 7.96. The Kier molecular flexibility index (Phi) is 5.68. The van der Waals surface area contributed by atoms with Crippen molar-refractivity contribution in [1.29, 1.82) is 0 Å². The third-order valence-corrected chi connectivity index (χ3v) is 4.57. The van der Waals surface area contributed by atoms with E-state index in [1.807, 2.05) is 0 Å². The van der Waals surface area contributed by atoms with E-state index in [2.05, 4.69) is 0 Å². The van der Waals surface area contributed by atoms with Gasteiger partial charge in [0.05, 0.1) is 32.5 Å². The lowest BCUT2D eigenvalue weighted by Gasteiger charge is -2.30. The van der Waals surface area contributed by atoms with Crippen molar-refractivity contribution in [3.63, 3.8) is 0 Å². The van der Waals surface area contributed by atoms with Crippen LogP contribution in [0.1, 0.15) is 6.42 Å². The second-order valence-corrected chi connectivity index (χ2v) is 6.38. The molecule has 3 aliphatic heterocycles. The molecule has 12 heteroatoms. The van der Waals surface area contributed by atoms with Crippen molar-refractivity contribution in [3.05, 3.63) is 0 Å². The van der Waals surface area contributed by atoms with Crippen LogP contribution in [0.3, 0.4) is 0 Å². The lowest BCUT2D eigenvalue weighted by molar-refractivity contribution is -0.233. The molecule has 0 aliphatic carbocycles. The quantitative estimate of drug-likeness (QED) is 0.295. The highest BCUT2D eigenvalue weighted by Crippen LogP contribution is 2.40. The van der Waals surface area contributed by atoms with E-state index in [1.165, 1.54) is 7.11 Å². The van der Waals surface area contributed by atoms with Gasteiger partial charge in [0.25, 0.3) is 0 Å². The molecule has 3 saturated heterocycles. The van der Waals surface area contributed by atoms with Crippen molar-refractivity contribution in [2.45, 2.75) is 48.5 Å². The standard InChI is InChI=1S/C13H23BO11/c1-20-5-12(2-7(17)8(3-15)22-12)24-14-21-6-13(25-14)11(19)10(18)9(4-16)23-13/h7-11,15-19H,2-6H2,1H3/t7-,8-,9-,10?,11?,12+,13-/m1/s1. The predicted octanol–water partition coefficient (Wildman–Crippen LogP) is -3.67. The Labute approximate surface area is 144 Å². The number of hydrogen-bond donors (Lipinski definition) is 5. The number of rotatable bonds is 6. The van der Waals surface area contributed by atoms with Gasteiger partial charge < -0.3 is 53.7 Å². The lowest BCUT2D eigenvalue weighted by Crippen LogP contribution is -2.48. The van der Waals surface area contributed by atoms with E-state index >= 15 is 0 Å². The van der Waals surface area contributed by atoms with Gasteiger partial charge in [0, 0.05) is 13.5 Å². The zero-order valence-electron chi connectivity index (χ0n) is 13.7. The molecule has 0 aromatic heterocycles. The summed E-state index contributed by atoms with van der Waals surface area (Å²) in [6, 6.07) is 0. The Morgan fingerprint density at radius 2 is 1.84 bits per heavy atom. The molecular formula is C13H23BO11. The molecule has 0 aromatic carbocycles. The number of aliphatic hydroxyl groups is 5. The maximum Gasteiger partial charge on any atom is 0.644 e. The van der Waals surface area contributed by atoms with E-state index in [4.69, 9.17) is 28.2 Å². The summed E-state index contributed by atoms with van der Waals surface area (Å²) in [4.78, 5) is 0. The van der Waals surface area contributed by atoms with Crippen LogP contribution in [0.25, 0.3) is 0 Å². The first kappa shape index (κ1) is 19.4. The third kappa shape index (κ3) is 3.45. The van der Waals surface area contributed by atoms with Crippen LogP contribution in [-0.4, -0.2) is 108 Å². The Bertz CT molecular complexity index is 469. The minimum atomic E-state index is -1.68. The first-order chi connectivity index (χ1) is 11.9. The van der Waals surface area contributed by atoms with Crippen LogP contribution in [-0.2, 0) is 28.2 Å². The van der Waals surface area contributed by atoms with E-state index in [9.17, 15) is 25.5 Å². The maximum atomic E-state index is 10.1. The summed E-state index contributed by atoms with van der Waals surface area (Å²) in [5.74, 6) is -3.10. The van der Waals surface area contributed by atoms with Gasteiger partial charge in [0.2, 0.25) is 5.79 Å². The van der Waals surface area contributed by atoms with Gasteiger partial charge in [-0.25, -0.2) is 0 Å². The monoisotopic (exact) mass is 366 g/mol. The van der Waals surface area contributed by atoms with Gasteiger partial charge in [-0.2, -0.15) is 0 Å². The van der Waals surface area contributed by atoms with Crippen molar-refractivity contribution >= 4 is 7.32 Å². The molecule has 0 bridgehead atoms. The Hall–Kier alpha value is -0.375. The van der Waals surface area contributed by atoms with Gasteiger partial charge in [-0.05, 0) is 0 Å². The van der Waals surface area contributed by atoms with E-state index in [-0.39, 0.29) is 19.6 Å². The van der Waals surface area contributed by atoms with Crippen molar-refractivity contribution in [3.8, 4) is 0 Å². The minimum absolute atomic E-state index is 0.00753. The summed E-state index contributed by atoms with van der Waals surface area (Å²) in [6.45, 7) is -1.22. The molecule has 25 heavy (non-hydrogen) atoms. The molecule has 0 radical (unpaired) electrons. The molecular weight excluding hydrogens is 343 g/mol. The molecule has 0 amide bonds. The largest absolute Gasteiger partial charge is 0.644 e. The molecule has 2 unspecified atom stereocenters. The van der Waals surface area contributed by atoms with Crippen LogP contribution < -0.4 is 0 Å². The highest BCUT2D eigenvalue weighted by molar-refractivity contribution is 6.37. The Morgan fingerprint density at radius 3 is 2.40 bits per heavy atom. The SMILES string of the molecule is COC[C@@]1(OB2OC[C@]3(O2)O[C@H](CO)C(O)C3O)C[C@@H](O)[C@@H](CO)O1. The molecule has 5 N–H and O–H groups in total. The van der Waals surface area contributed by atoms with Crippen LogP contribution in [0.15, 0.2) is 0 Å². The van der Waals surface area contributed by atoms with Crippen molar-refractivity contribution < 1.29 is 53.7 Å². The fraction of sp³-hybridized carbons (Fsp3) is 1.00. The average molecular weight is 366 g/mol. The average Bonchev–Trinajstić information content (AvgIpc) is 3.20.